The Morgan fingerprint density at radius 1 is 1.50 bits per heavy atom. The molecule has 0 saturated heterocycles. The minimum Gasteiger partial charge on any atom is -0.454 e. The number of halogens is 1. The Hall–Kier alpha value is -0.930. The lowest BCUT2D eigenvalue weighted by atomic mass is 10.1. The van der Waals surface area contributed by atoms with Gasteiger partial charge in [0.05, 0.1) is 0 Å². The first-order chi connectivity index (χ1) is 9.19. The van der Waals surface area contributed by atoms with Crippen molar-refractivity contribution in [3.8, 4) is 11.5 Å². The van der Waals surface area contributed by atoms with Crippen LogP contribution in [0.1, 0.15) is 26.2 Å². The first-order valence-corrected chi connectivity index (χ1v) is 4.85. The number of rotatable bonds is 4. The van der Waals surface area contributed by atoms with Crippen LogP contribution in [-0.2, 0) is 6.42 Å². The molecule has 0 aromatic heterocycles. The molecule has 0 bridgehead atoms. The molecule has 2 rings (SSSR count). The number of nitrogens with one attached hydrogen (secondary N) is 1. The number of ether oxygens (including phenoxy) is 2. The summed E-state index contributed by atoms with van der Waals surface area (Å²) in [7, 11) is 0. The van der Waals surface area contributed by atoms with E-state index in [-0.39, 0.29) is 25.2 Å². The first-order valence-electron chi connectivity index (χ1n) is 7.35. The van der Waals surface area contributed by atoms with Crippen molar-refractivity contribution in [3.63, 3.8) is 0 Å². The third kappa shape index (κ3) is 3.03. The lowest BCUT2D eigenvalue weighted by molar-refractivity contribution is 0.174. The van der Waals surface area contributed by atoms with E-state index in [1.54, 1.807) is 13.0 Å². The molecule has 0 amide bonds. The maximum atomic E-state index is 7.54. The van der Waals surface area contributed by atoms with E-state index in [4.69, 9.17) is 16.3 Å². The fourth-order valence-electron chi connectivity index (χ4n) is 1.60. The summed E-state index contributed by atoms with van der Waals surface area (Å²) in [6.07, 6.45) is 0.492. The third-order valence-corrected chi connectivity index (χ3v) is 2.30. The number of likely N-dealkylation sites (N-methyl/N-ethyl adjacent to an activating group) is 1. The second-order valence-electron chi connectivity index (χ2n) is 3.56. The average Bonchev–Trinajstić information content (AvgIpc) is 2.73. The van der Waals surface area contributed by atoms with Crippen molar-refractivity contribution in [3.05, 3.63) is 23.8 Å². The predicted molar refractivity (Wildman–Crippen MR) is 66.7 cm³/mol. The topological polar surface area (TPSA) is 30.5 Å². The van der Waals surface area contributed by atoms with Gasteiger partial charge in [0, 0.05) is 12.9 Å². The van der Waals surface area contributed by atoms with Gasteiger partial charge in [0.25, 0.3) is 0 Å². The van der Waals surface area contributed by atoms with Crippen LogP contribution in [0.15, 0.2) is 18.2 Å². The molecule has 16 heavy (non-hydrogen) atoms. The van der Waals surface area contributed by atoms with Crippen LogP contribution in [0.25, 0.3) is 0 Å². The van der Waals surface area contributed by atoms with Gasteiger partial charge in [-0.1, -0.05) is 12.9 Å². The number of fused-ring (bicyclic) bond motifs is 1. The normalized spacial score (nSPS) is 20.7. The van der Waals surface area contributed by atoms with E-state index < -0.39 is 13.3 Å². The molecule has 1 aliphatic rings. The molecule has 1 N–H and O–H groups in total. The van der Waals surface area contributed by atoms with E-state index in [2.05, 4.69) is 5.32 Å². The van der Waals surface area contributed by atoms with E-state index >= 15 is 0 Å². The second kappa shape index (κ2) is 5.97. The number of hydrogen-bond acceptors (Lipinski definition) is 3. The molecule has 1 aliphatic heterocycles. The van der Waals surface area contributed by atoms with Gasteiger partial charge in [0.2, 0.25) is 6.79 Å². The van der Waals surface area contributed by atoms with Gasteiger partial charge in [0.15, 0.2) is 11.5 Å². The molecule has 0 spiro atoms. The van der Waals surface area contributed by atoms with Crippen molar-refractivity contribution in [2.45, 2.75) is 26.2 Å². The molecule has 0 saturated carbocycles. The van der Waals surface area contributed by atoms with E-state index in [1.807, 2.05) is 12.1 Å². The minimum absolute atomic E-state index is 0. The average molecular weight is 249 g/mol. The highest BCUT2D eigenvalue weighted by Crippen LogP contribution is 2.32. The van der Waals surface area contributed by atoms with Crippen molar-refractivity contribution in [2.24, 2.45) is 0 Å². The fourth-order valence-corrected chi connectivity index (χ4v) is 1.60. The molecular weight excluding hydrogens is 226 g/mol. The van der Waals surface area contributed by atoms with Gasteiger partial charge in [0.1, 0.15) is 0 Å². The van der Waals surface area contributed by atoms with E-state index in [0.29, 0.717) is 17.9 Å². The Bertz CT molecular complexity index is 495. The summed E-state index contributed by atoms with van der Waals surface area (Å²) < 4.78 is 47.1. The van der Waals surface area contributed by atoms with Gasteiger partial charge in [-0.05, 0) is 37.5 Å². The maximum absolute atomic E-state index is 7.54. The fraction of sp³-hybridized carbons (Fsp3) is 0.500. The van der Waals surface area contributed by atoms with Gasteiger partial charge in [-0.15, -0.1) is 12.4 Å². The Kier molecular flexibility index (Phi) is 2.76. The molecule has 0 unspecified atom stereocenters. The predicted octanol–water partition coefficient (Wildman–Crippen LogP) is 2.38. The molecule has 90 valence electrons. The lowest BCUT2D eigenvalue weighted by Gasteiger charge is -2.12. The second-order valence-corrected chi connectivity index (χ2v) is 3.56. The summed E-state index contributed by atoms with van der Waals surface area (Å²) in [5, 5.41) is 2.51. The highest BCUT2D eigenvalue weighted by molar-refractivity contribution is 5.85. The van der Waals surface area contributed by atoms with Crippen LogP contribution < -0.4 is 14.8 Å². The minimum atomic E-state index is -2.70. The SMILES string of the molecule is Cl.[2H]C([2H])([2H])C([2H])([2H])N[C@@H](C)Cc1ccc2c(c1)OCO2. The Morgan fingerprint density at radius 2 is 2.31 bits per heavy atom. The van der Waals surface area contributed by atoms with Gasteiger partial charge >= 0.3 is 0 Å². The summed E-state index contributed by atoms with van der Waals surface area (Å²) in [6.45, 7) is -3.17. The molecular formula is C12H18ClNO2. The Balaban J connectivity index is 0.00000220. The van der Waals surface area contributed by atoms with Crippen LogP contribution in [0.3, 0.4) is 0 Å². The number of benzene rings is 1. The number of hydrogen-bond donors (Lipinski definition) is 1. The zero-order chi connectivity index (χ0) is 15.0. The highest BCUT2D eigenvalue weighted by atomic mass is 35.5. The summed E-state index contributed by atoms with van der Waals surface area (Å²) in [5.74, 6) is 1.35. The quantitative estimate of drug-likeness (QED) is 0.888. The molecule has 1 heterocycles. The van der Waals surface area contributed by atoms with Crippen molar-refractivity contribution in [1.82, 2.24) is 5.32 Å². The summed E-state index contributed by atoms with van der Waals surface area (Å²) in [4.78, 5) is 0. The molecule has 0 aliphatic carbocycles. The van der Waals surface area contributed by atoms with E-state index in [1.165, 1.54) is 0 Å². The summed E-state index contributed by atoms with van der Waals surface area (Å²) >= 11 is 0. The Labute approximate surface area is 110 Å². The van der Waals surface area contributed by atoms with Crippen molar-refractivity contribution in [1.29, 1.82) is 0 Å². The first kappa shape index (κ1) is 7.41. The van der Waals surface area contributed by atoms with Crippen molar-refractivity contribution < 1.29 is 16.3 Å². The van der Waals surface area contributed by atoms with Crippen LogP contribution in [0.5, 0.6) is 11.5 Å². The van der Waals surface area contributed by atoms with Crippen LogP contribution in [0, 0.1) is 0 Å². The molecule has 0 fully saturated rings. The molecule has 4 heteroatoms. The zero-order valence-electron chi connectivity index (χ0n) is 13.9. The highest BCUT2D eigenvalue weighted by Gasteiger charge is 2.13. The standard InChI is InChI=1S/C12H17NO2.ClH/c1-3-13-9(2)6-10-4-5-11-12(7-10)15-8-14-11;/h4-5,7,9,13H,3,6,8H2,1-2H3;1H/t9-;/m0./s1/i1D3,3D2;. The summed E-state index contributed by atoms with van der Waals surface area (Å²) in [6, 6.07) is 5.15. The van der Waals surface area contributed by atoms with Gasteiger partial charge in [-0.2, -0.15) is 0 Å². The lowest BCUT2D eigenvalue weighted by Crippen LogP contribution is -2.27. The molecule has 1 aromatic rings. The van der Waals surface area contributed by atoms with Crippen LogP contribution >= 0.6 is 12.4 Å². The van der Waals surface area contributed by atoms with E-state index in [0.717, 1.165) is 5.56 Å². The smallest absolute Gasteiger partial charge is 0.231 e. The van der Waals surface area contributed by atoms with Crippen molar-refractivity contribution >= 4 is 12.4 Å². The summed E-state index contributed by atoms with van der Waals surface area (Å²) in [5.41, 5.74) is 0.926. The molecule has 3 nitrogen and oxygen atoms in total. The monoisotopic (exact) mass is 248 g/mol. The van der Waals surface area contributed by atoms with Gasteiger partial charge < -0.3 is 14.8 Å². The molecule has 0 radical (unpaired) electrons. The molecule has 1 aromatic carbocycles. The third-order valence-electron chi connectivity index (χ3n) is 2.30. The van der Waals surface area contributed by atoms with Gasteiger partial charge in [-0.3, -0.25) is 0 Å². The molecule has 1 atom stereocenters. The van der Waals surface area contributed by atoms with Gasteiger partial charge in [-0.25, -0.2) is 0 Å². The van der Waals surface area contributed by atoms with E-state index in [9.17, 15) is 0 Å². The van der Waals surface area contributed by atoms with Crippen LogP contribution in [0.4, 0.5) is 0 Å². The van der Waals surface area contributed by atoms with Crippen LogP contribution in [0.2, 0.25) is 0 Å². The van der Waals surface area contributed by atoms with Crippen molar-refractivity contribution in [2.75, 3.05) is 13.3 Å². The Morgan fingerprint density at radius 3 is 3.12 bits per heavy atom. The van der Waals surface area contributed by atoms with Crippen LogP contribution in [-0.4, -0.2) is 19.3 Å². The maximum Gasteiger partial charge on any atom is 0.231 e. The zero-order valence-corrected chi connectivity index (χ0v) is 9.76. The largest absolute Gasteiger partial charge is 0.454 e.